The van der Waals surface area contributed by atoms with E-state index in [0.29, 0.717) is 17.5 Å². The van der Waals surface area contributed by atoms with Crippen molar-refractivity contribution in [2.75, 3.05) is 0 Å². The van der Waals surface area contributed by atoms with Gasteiger partial charge in [0, 0.05) is 11.8 Å². The normalized spacial score (nSPS) is 10.7. The summed E-state index contributed by atoms with van der Waals surface area (Å²) in [6.45, 7) is 2.56. The van der Waals surface area contributed by atoms with Gasteiger partial charge in [-0.1, -0.05) is 47.5 Å². The number of aromatic nitrogens is 5. The molecule has 0 aliphatic heterocycles. The van der Waals surface area contributed by atoms with Crippen molar-refractivity contribution in [3.63, 3.8) is 0 Å². The van der Waals surface area contributed by atoms with Gasteiger partial charge < -0.3 is 0 Å². The maximum atomic E-state index is 5.75. The van der Waals surface area contributed by atoms with Gasteiger partial charge in [0.15, 0.2) is 0 Å². The fraction of sp³-hybridized carbons (Fsp3) is 0.143. The highest BCUT2D eigenvalue weighted by molar-refractivity contribution is 6.29. The molecule has 0 amide bonds. The summed E-state index contributed by atoms with van der Waals surface area (Å²) in [5, 5.41) is 12.9. The van der Waals surface area contributed by atoms with E-state index < -0.39 is 0 Å². The van der Waals surface area contributed by atoms with Crippen LogP contribution in [0.5, 0.6) is 0 Å². The minimum atomic E-state index is 0.473. The molecule has 0 spiro atoms. The maximum absolute atomic E-state index is 5.75. The average Bonchev–Trinajstić information content (AvgIpc) is 2.91. The number of hydrogen-bond acceptors (Lipinski definition) is 4. The molecule has 5 nitrogen and oxygen atoms in total. The summed E-state index contributed by atoms with van der Waals surface area (Å²) in [6, 6.07) is 11.7. The minimum absolute atomic E-state index is 0.473. The Morgan fingerprint density at radius 3 is 2.60 bits per heavy atom. The lowest BCUT2D eigenvalue weighted by Gasteiger charge is -1.99. The lowest BCUT2D eigenvalue weighted by molar-refractivity contribution is 0.572. The Morgan fingerprint density at radius 1 is 1.10 bits per heavy atom. The van der Waals surface area contributed by atoms with E-state index in [1.165, 1.54) is 5.56 Å². The van der Waals surface area contributed by atoms with E-state index in [1.807, 2.05) is 37.3 Å². The molecule has 0 bridgehead atoms. The van der Waals surface area contributed by atoms with Gasteiger partial charge in [-0.25, -0.2) is 4.98 Å². The van der Waals surface area contributed by atoms with Gasteiger partial charge in [0.2, 0.25) is 5.82 Å². The third-order valence-electron chi connectivity index (χ3n) is 2.88. The van der Waals surface area contributed by atoms with Crippen LogP contribution in [0.2, 0.25) is 5.15 Å². The zero-order valence-corrected chi connectivity index (χ0v) is 11.6. The van der Waals surface area contributed by atoms with Crippen molar-refractivity contribution in [3.8, 4) is 11.4 Å². The molecule has 6 heteroatoms. The molecule has 1 aromatic carbocycles. The van der Waals surface area contributed by atoms with E-state index in [0.717, 1.165) is 11.1 Å². The number of tetrazole rings is 1. The molecule has 0 saturated heterocycles. The van der Waals surface area contributed by atoms with Crippen molar-refractivity contribution in [2.45, 2.75) is 13.5 Å². The average molecular weight is 286 g/mol. The third-order valence-corrected chi connectivity index (χ3v) is 3.10. The fourth-order valence-corrected chi connectivity index (χ4v) is 1.90. The predicted molar refractivity (Wildman–Crippen MR) is 76.3 cm³/mol. The molecule has 0 radical (unpaired) electrons. The third kappa shape index (κ3) is 2.83. The van der Waals surface area contributed by atoms with Crippen LogP contribution in [-0.2, 0) is 6.54 Å². The molecule has 0 N–H and O–H groups in total. The number of pyridine rings is 1. The largest absolute Gasteiger partial charge is 0.244 e. The van der Waals surface area contributed by atoms with Crippen LogP contribution in [0.1, 0.15) is 11.1 Å². The Kier molecular flexibility index (Phi) is 3.43. The Balaban J connectivity index is 1.80. The van der Waals surface area contributed by atoms with Crippen LogP contribution >= 0.6 is 11.6 Å². The van der Waals surface area contributed by atoms with Gasteiger partial charge in [0.1, 0.15) is 5.15 Å². The van der Waals surface area contributed by atoms with Crippen molar-refractivity contribution >= 4 is 11.6 Å². The van der Waals surface area contributed by atoms with E-state index in [1.54, 1.807) is 17.1 Å². The molecule has 0 saturated carbocycles. The summed E-state index contributed by atoms with van der Waals surface area (Å²) in [7, 11) is 0. The predicted octanol–water partition coefficient (Wildman–Crippen LogP) is 2.75. The summed E-state index contributed by atoms with van der Waals surface area (Å²) in [6.07, 6.45) is 1.71. The van der Waals surface area contributed by atoms with Crippen LogP contribution in [0.3, 0.4) is 0 Å². The molecule has 0 aliphatic carbocycles. The fourth-order valence-electron chi connectivity index (χ4n) is 1.79. The Morgan fingerprint density at radius 2 is 1.90 bits per heavy atom. The second-order valence-electron chi connectivity index (χ2n) is 4.50. The van der Waals surface area contributed by atoms with E-state index in [2.05, 4.69) is 20.4 Å². The molecule has 0 fully saturated rings. The lowest BCUT2D eigenvalue weighted by Crippen LogP contribution is -2.04. The molecule has 3 rings (SSSR count). The van der Waals surface area contributed by atoms with Crippen LogP contribution in [-0.4, -0.2) is 25.2 Å². The Labute approximate surface area is 121 Å². The number of halogens is 1. The first kappa shape index (κ1) is 12.7. The number of aryl methyl sites for hydroxylation is 1. The molecular weight excluding hydrogens is 274 g/mol. The van der Waals surface area contributed by atoms with Crippen molar-refractivity contribution in [2.24, 2.45) is 0 Å². The number of hydrogen-bond donors (Lipinski definition) is 0. The van der Waals surface area contributed by atoms with Crippen molar-refractivity contribution in [1.29, 1.82) is 0 Å². The van der Waals surface area contributed by atoms with Crippen molar-refractivity contribution in [1.82, 2.24) is 25.2 Å². The van der Waals surface area contributed by atoms with Gasteiger partial charge in [-0.15, -0.1) is 10.2 Å². The van der Waals surface area contributed by atoms with Crippen LogP contribution in [0.4, 0.5) is 0 Å². The van der Waals surface area contributed by atoms with Crippen LogP contribution < -0.4 is 0 Å². The first-order valence-corrected chi connectivity index (χ1v) is 6.54. The van der Waals surface area contributed by atoms with Crippen molar-refractivity contribution < 1.29 is 0 Å². The van der Waals surface area contributed by atoms with Gasteiger partial charge in [-0.05, 0) is 23.8 Å². The molecule has 0 atom stereocenters. The van der Waals surface area contributed by atoms with E-state index in [9.17, 15) is 0 Å². The van der Waals surface area contributed by atoms with Crippen molar-refractivity contribution in [3.05, 3.63) is 58.9 Å². The Bertz CT molecular complexity index is 703. The SMILES string of the molecule is Cc1ccc(-c2nnn(Cc3ccc(Cl)nc3)n2)cc1. The maximum Gasteiger partial charge on any atom is 0.204 e. The first-order chi connectivity index (χ1) is 9.70. The molecule has 2 heterocycles. The molecule has 3 aromatic rings. The summed E-state index contributed by atoms with van der Waals surface area (Å²) in [5.74, 6) is 0.618. The summed E-state index contributed by atoms with van der Waals surface area (Å²) >= 11 is 5.75. The number of benzene rings is 1. The summed E-state index contributed by atoms with van der Waals surface area (Å²) < 4.78 is 0. The zero-order chi connectivity index (χ0) is 13.9. The molecular formula is C14H12ClN5. The van der Waals surface area contributed by atoms with Gasteiger partial charge in [0.05, 0.1) is 6.54 Å². The summed E-state index contributed by atoms with van der Waals surface area (Å²) in [5.41, 5.74) is 3.13. The minimum Gasteiger partial charge on any atom is -0.244 e. The van der Waals surface area contributed by atoms with Crippen LogP contribution in [0.15, 0.2) is 42.6 Å². The molecule has 20 heavy (non-hydrogen) atoms. The molecule has 2 aromatic heterocycles. The smallest absolute Gasteiger partial charge is 0.204 e. The highest BCUT2D eigenvalue weighted by atomic mass is 35.5. The second kappa shape index (κ2) is 5.38. The zero-order valence-electron chi connectivity index (χ0n) is 10.9. The Hall–Kier alpha value is -2.27. The van der Waals surface area contributed by atoms with E-state index >= 15 is 0 Å². The molecule has 100 valence electrons. The quantitative estimate of drug-likeness (QED) is 0.694. The van der Waals surface area contributed by atoms with Crippen LogP contribution in [0, 0.1) is 6.92 Å². The number of rotatable bonds is 3. The highest BCUT2D eigenvalue weighted by Gasteiger charge is 2.06. The monoisotopic (exact) mass is 285 g/mol. The van der Waals surface area contributed by atoms with E-state index in [4.69, 9.17) is 11.6 Å². The van der Waals surface area contributed by atoms with Gasteiger partial charge in [-0.2, -0.15) is 4.80 Å². The second-order valence-corrected chi connectivity index (χ2v) is 4.89. The van der Waals surface area contributed by atoms with Crippen LogP contribution in [0.25, 0.3) is 11.4 Å². The molecule has 0 unspecified atom stereocenters. The summed E-state index contributed by atoms with van der Waals surface area (Å²) in [4.78, 5) is 5.57. The molecule has 0 aliphatic rings. The number of nitrogens with zero attached hydrogens (tertiary/aromatic N) is 5. The lowest BCUT2D eigenvalue weighted by atomic mass is 10.1. The van der Waals surface area contributed by atoms with Gasteiger partial charge in [0.25, 0.3) is 0 Å². The van der Waals surface area contributed by atoms with Gasteiger partial charge in [-0.3, -0.25) is 0 Å². The highest BCUT2D eigenvalue weighted by Crippen LogP contribution is 2.14. The standard InChI is InChI=1S/C14H12ClN5/c1-10-2-5-12(6-3-10)14-17-19-20(18-14)9-11-4-7-13(15)16-8-11/h2-8H,9H2,1H3. The first-order valence-electron chi connectivity index (χ1n) is 6.16. The van der Waals surface area contributed by atoms with Gasteiger partial charge >= 0.3 is 0 Å². The topological polar surface area (TPSA) is 56.5 Å². The van der Waals surface area contributed by atoms with E-state index in [-0.39, 0.29) is 0 Å².